The number of carbonyl (C=O) groups excluding carboxylic acids is 2. The minimum Gasteiger partial charge on any atom is -0.508 e. The van der Waals surface area contributed by atoms with Crippen LogP contribution in [0.2, 0.25) is 0 Å². The van der Waals surface area contributed by atoms with Gasteiger partial charge in [0.2, 0.25) is 5.91 Å². The summed E-state index contributed by atoms with van der Waals surface area (Å²) in [6.45, 7) is 3.78. The van der Waals surface area contributed by atoms with E-state index in [2.05, 4.69) is 5.32 Å². The molecule has 0 bridgehead atoms. The van der Waals surface area contributed by atoms with Crippen LogP contribution < -0.4 is 5.32 Å². The molecule has 98 valence electrons. The highest BCUT2D eigenvalue weighted by atomic mass is 16.5. The van der Waals surface area contributed by atoms with Crippen LogP contribution >= 0.6 is 0 Å². The van der Waals surface area contributed by atoms with E-state index >= 15 is 0 Å². The van der Waals surface area contributed by atoms with E-state index < -0.39 is 0 Å². The number of benzene rings is 1. The fraction of sp³-hybridized carbons (Fsp3) is 0.385. The molecule has 1 rings (SSSR count). The summed E-state index contributed by atoms with van der Waals surface area (Å²) in [5.74, 6) is -0.456. The predicted molar refractivity (Wildman–Crippen MR) is 67.3 cm³/mol. The van der Waals surface area contributed by atoms with Gasteiger partial charge in [-0.25, -0.2) is 0 Å². The number of amides is 1. The smallest absolute Gasteiger partial charge is 0.306 e. The summed E-state index contributed by atoms with van der Waals surface area (Å²) < 4.78 is 4.73. The lowest BCUT2D eigenvalue weighted by atomic mass is 10.2. The van der Waals surface area contributed by atoms with Crippen LogP contribution in [0, 0.1) is 6.92 Å². The lowest BCUT2D eigenvalue weighted by Gasteiger charge is -2.07. The SMILES string of the molecule is CCOC(=O)CCC(=O)Nc1ccc(O)c(C)c1. The largest absolute Gasteiger partial charge is 0.508 e. The molecule has 5 heteroatoms. The van der Waals surface area contributed by atoms with Gasteiger partial charge in [-0.15, -0.1) is 0 Å². The highest BCUT2D eigenvalue weighted by Gasteiger charge is 2.08. The molecule has 0 atom stereocenters. The lowest BCUT2D eigenvalue weighted by Crippen LogP contribution is -2.14. The van der Waals surface area contributed by atoms with Gasteiger partial charge in [-0.3, -0.25) is 9.59 Å². The molecule has 0 aromatic heterocycles. The molecule has 0 aliphatic carbocycles. The van der Waals surface area contributed by atoms with Crippen LogP contribution in [0.25, 0.3) is 0 Å². The van der Waals surface area contributed by atoms with Crippen molar-refractivity contribution < 1.29 is 19.4 Å². The summed E-state index contributed by atoms with van der Waals surface area (Å²) in [6.07, 6.45) is 0.148. The molecule has 1 aromatic carbocycles. The second-order valence-electron chi connectivity index (χ2n) is 3.85. The Kier molecular flexibility index (Phi) is 5.17. The van der Waals surface area contributed by atoms with Gasteiger partial charge in [0.1, 0.15) is 5.75 Å². The Bertz CT molecular complexity index is 443. The number of aryl methyl sites for hydroxylation is 1. The summed E-state index contributed by atoms with van der Waals surface area (Å²) in [5.41, 5.74) is 1.28. The summed E-state index contributed by atoms with van der Waals surface area (Å²) in [7, 11) is 0. The first-order chi connectivity index (χ1) is 8.52. The zero-order valence-corrected chi connectivity index (χ0v) is 10.5. The van der Waals surface area contributed by atoms with Gasteiger partial charge in [0, 0.05) is 12.1 Å². The third-order valence-electron chi connectivity index (χ3n) is 2.34. The molecule has 0 aliphatic rings. The number of esters is 1. The highest BCUT2D eigenvalue weighted by Crippen LogP contribution is 2.20. The Balaban J connectivity index is 2.44. The second kappa shape index (κ2) is 6.64. The standard InChI is InChI=1S/C13H17NO4/c1-3-18-13(17)7-6-12(16)14-10-4-5-11(15)9(2)8-10/h4-5,8,15H,3,6-7H2,1-2H3,(H,14,16). The monoisotopic (exact) mass is 251 g/mol. The number of anilines is 1. The molecule has 2 N–H and O–H groups in total. The van der Waals surface area contributed by atoms with Gasteiger partial charge >= 0.3 is 5.97 Å². The van der Waals surface area contributed by atoms with Crippen LogP contribution in [-0.2, 0) is 14.3 Å². The molecule has 1 amide bonds. The van der Waals surface area contributed by atoms with E-state index in [1.54, 1.807) is 26.0 Å². The van der Waals surface area contributed by atoms with E-state index in [9.17, 15) is 14.7 Å². The summed E-state index contributed by atoms with van der Waals surface area (Å²) in [5, 5.41) is 12.0. The molecular weight excluding hydrogens is 234 g/mol. The van der Waals surface area contributed by atoms with Crippen molar-refractivity contribution in [2.45, 2.75) is 26.7 Å². The Morgan fingerprint density at radius 2 is 2.06 bits per heavy atom. The Morgan fingerprint density at radius 1 is 1.33 bits per heavy atom. The number of aromatic hydroxyl groups is 1. The van der Waals surface area contributed by atoms with E-state index in [0.29, 0.717) is 17.9 Å². The van der Waals surface area contributed by atoms with Gasteiger partial charge in [-0.2, -0.15) is 0 Å². The fourth-order valence-corrected chi connectivity index (χ4v) is 1.41. The summed E-state index contributed by atoms with van der Waals surface area (Å²) >= 11 is 0. The van der Waals surface area contributed by atoms with Crippen LogP contribution in [0.3, 0.4) is 0 Å². The first-order valence-corrected chi connectivity index (χ1v) is 5.78. The van der Waals surface area contributed by atoms with Crippen molar-refractivity contribution >= 4 is 17.6 Å². The van der Waals surface area contributed by atoms with E-state index in [4.69, 9.17) is 4.74 Å². The molecule has 0 radical (unpaired) electrons. The molecule has 0 saturated heterocycles. The topological polar surface area (TPSA) is 75.6 Å². The second-order valence-corrected chi connectivity index (χ2v) is 3.85. The minimum absolute atomic E-state index is 0.0662. The van der Waals surface area contributed by atoms with Crippen molar-refractivity contribution in [3.63, 3.8) is 0 Å². The van der Waals surface area contributed by atoms with Gasteiger partial charge in [-0.05, 0) is 37.6 Å². The Morgan fingerprint density at radius 3 is 2.67 bits per heavy atom. The molecule has 0 aliphatic heterocycles. The van der Waals surface area contributed by atoms with Crippen LogP contribution in [0.1, 0.15) is 25.3 Å². The summed E-state index contributed by atoms with van der Waals surface area (Å²) in [6, 6.07) is 4.78. The van der Waals surface area contributed by atoms with Crippen molar-refractivity contribution in [3.8, 4) is 5.75 Å². The molecule has 0 spiro atoms. The molecule has 18 heavy (non-hydrogen) atoms. The van der Waals surface area contributed by atoms with Crippen molar-refractivity contribution in [2.75, 3.05) is 11.9 Å². The Labute approximate surface area is 106 Å². The number of rotatable bonds is 5. The number of phenols is 1. The molecular formula is C13H17NO4. The maximum Gasteiger partial charge on any atom is 0.306 e. The first-order valence-electron chi connectivity index (χ1n) is 5.78. The average molecular weight is 251 g/mol. The summed E-state index contributed by atoms with van der Waals surface area (Å²) in [4.78, 5) is 22.6. The molecule has 1 aromatic rings. The van der Waals surface area contributed by atoms with Crippen molar-refractivity contribution in [1.29, 1.82) is 0 Å². The molecule has 0 fully saturated rings. The number of hydrogen-bond acceptors (Lipinski definition) is 4. The van der Waals surface area contributed by atoms with Crippen molar-refractivity contribution in [2.24, 2.45) is 0 Å². The minimum atomic E-state index is -0.380. The zero-order chi connectivity index (χ0) is 13.5. The van der Waals surface area contributed by atoms with E-state index in [-0.39, 0.29) is 30.5 Å². The average Bonchev–Trinajstić information content (AvgIpc) is 2.32. The lowest BCUT2D eigenvalue weighted by molar-refractivity contribution is -0.144. The maximum atomic E-state index is 11.5. The fourth-order valence-electron chi connectivity index (χ4n) is 1.41. The van der Waals surface area contributed by atoms with Crippen LogP contribution in [-0.4, -0.2) is 23.6 Å². The normalized spacial score (nSPS) is 9.89. The number of nitrogens with one attached hydrogen (secondary N) is 1. The van der Waals surface area contributed by atoms with E-state index in [0.717, 1.165) is 0 Å². The zero-order valence-electron chi connectivity index (χ0n) is 10.5. The Hall–Kier alpha value is -2.04. The first kappa shape index (κ1) is 14.0. The van der Waals surface area contributed by atoms with Crippen molar-refractivity contribution in [1.82, 2.24) is 0 Å². The van der Waals surface area contributed by atoms with Gasteiger partial charge < -0.3 is 15.2 Å². The van der Waals surface area contributed by atoms with E-state index in [1.807, 2.05) is 0 Å². The number of carbonyl (C=O) groups is 2. The number of ether oxygens (including phenoxy) is 1. The van der Waals surface area contributed by atoms with Gasteiger partial charge in [0.15, 0.2) is 0 Å². The van der Waals surface area contributed by atoms with Crippen LogP contribution in [0.5, 0.6) is 5.75 Å². The maximum absolute atomic E-state index is 11.5. The molecule has 0 saturated carbocycles. The number of hydrogen-bond donors (Lipinski definition) is 2. The van der Waals surface area contributed by atoms with E-state index in [1.165, 1.54) is 6.07 Å². The third kappa shape index (κ3) is 4.45. The van der Waals surface area contributed by atoms with Crippen LogP contribution in [0.15, 0.2) is 18.2 Å². The number of phenolic OH excluding ortho intramolecular Hbond substituents is 1. The van der Waals surface area contributed by atoms with Gasteiger partial charge in [-0.1, -0.05) is 0 Å². The molecule has 5 nitrogen and oxygen atoms in total. The third-order valence-corrected chi connectivity index (χ3v) is 2.34. The van der Waals surface area contributed by atoms with Crippen molar-refractivity contribution in [3.05, 3.63) is 23.8 Å². The molecule has 0 unspecified atom stereocenters. The highest BCUT2D eigenvalue weighted by molar-refractivity contribution is 5.92. The predicted octanol–water partition coefficient (Wildman–Crippen LogP) is 1.98. The molecule has 0 heterocycles. The van der Waals surface area contributed by atoms with Crippen LogP contribution in [0.4, 0.5) is 5.69 Å². The quantitative estimate of drug-likeness (QED) is 0.619. The van der Waals surface area contributed by atoms with Gasteiger partial charge in [0.25, 0.3) is 0 Å². The van der Waals surface area contributed by atoms with Gasteiger partial charge in [0.05, 0.1) is 13.0 Å².